The van der Waals surface area contributed by atoms with Gasteiger partial charge in [-0.05, 0) is 36.1 Å². The summed E-state index contributed by atoms with van der Waals surface area (Å²) in [7, 11) is 1.64. The Morgan fingerprint density at radius 2 is 2.00 bits per heavy atom. The molecule has 2 rings (SSSR count). The van der Waals surface area contributed by atoms with Crippen molar-refractivity contribution in [3.8, 4) is 0 Å². The number of hydrogen-bond donors (Lipinski definition) is 2. The lowest BCUT2D eigenvalue weighted by Gasteiger charge is -2.12. The van der Waals surface area contributed by atoms with Crippen molar-refractivity contribution in [3.05, 3.63) is 57.8 Å². The second-order valence-corrected chi connectivity index (χ2v) is 5.37. The van der Waals surface area contributed by atoms with Crippen molar-refractivity contribution >= 4 is 17.2 Å². The summed E-state index contributed by atoms with van der Waals surface area (Å²) < 4.78 is 0. The number of rotatable bonds is 5. The van der Waals surface area contributed by atoms with E-state index in [4.69, 9.17) is 0 Å². The molecular formula is C15H18N2OS. The van der Waals surface area contributed by atoms with Crippen molar-refractivity contribution < 1.29 is 4.79 Å². The Balaban J connectivity index is 1.91. The Kier molecular flexibility index (Phi) is 4.71. The Morgan fingerprint density at radius 3 is 2.58 bits per heavy atom. The summed E-state index contributed by atoms with van der Waals surface area (Å²) in [4.78, 5) is 12.8. The maximum Gasteiger partial charge on any atom is 0.251 e. The van der Waals surface area contributed by atoms with Crippen molar-refractivity contribution in [1.82, 2.24) is 10.6 Å². The third-order valence-corrected chi connectivity index (χ3v) is 4.08. The van der Waals surface area contributed by atoms with E-state index >= 15 is 0 Å². The molecule has 2 aromatic rings. The van der Waals surface area contributed by atoms with Gasteiger partial charge in [-0.15, -0.1) is 11.3 Å². The molecule has 1 amide bonds. The van der Waals surface area contributed by atoms with E-state index in [9.17, 15) is 4.79 Å². The van der Waals surface area contributed by atoms with E-state index in [0.29, 0.717) is 11.6 Å². The molecule has 1 heterocycles. The van der Waals surface area contributed by atoms with E-state index in [1.165, 1.54) is 10.4 Å². The highest BCUT2D eigenvalue weighted by atomic mass is 32.1. The monoisotopic (exact) mass is 274 g/mol. The van der Waals surface area contributed by atoms with Gasteiger partial charge >= 0.3 is 0 Å². The minimum Gasteiger partial charge on any atom is -0.355 e. The zero-order valence-electron chi connectivity index (χ0n) is 11.1. The summed E-state index contributed by atoms with van der Waals surface area (Å²) in [5, 5.41) is 8.18. The first-order valence-electron chi connectivity index (χ1n) is 6.28. The summed E-state index contributed by atoms with van der Waals surface area (Å²) >= 11 is 1.76. The third-order valence-electron chi connectivity index (χ3n) is 3.03. The molecule has 3 nitrogen and oxygen atoms in total. The van der Waals surface area contributed by atoms with Crippen LogP contribution in [0, 0.1) is 0 Å². The molecule has 0 saturated heterocycles. The van der Waals surface area contributed by atoms with E-state index in [1.807, 2.05) is 24.3 Å². The summed E-state index contributed by atoms with van der Waals surface area (Å²) in [6, 6.07) is 12.2. The molecule has 1 atom stereocenters. The Bertz CT molecular complexity index is 520. The van der Waals surface area contributed by atoms with Gasteiger partial charge in [0.1, 0.15) is 0 Å². The highest BCUT2D eigenvalue weighted by molar-refractivity contribution is 7.10. The highest BCUT2D eigenvalue weighted by Gasteiger charge is 2.06. The smallest absolute Gasteiger partial charge is 0.251 e. The SMILES string of the molecule is CNC(=O)c1ccc(CNC(C)c2cccs2)cc1. The van der Waals surface area contributed by atoms with E-state index in [0.717, 1.165) is 6.54 Å². The average molecular weight is 274 g/mol. The molecule has 1 aromatic carbocycles. The van der Waals surface area contributed by atoms with Crippen molar-refractivity contribution in [1.29, 1.82) is 0 Å². The molecule has 0 fully saturated rings. The van der Waals surface area contributed by atoms with Gasteiger partial charge in [-0.3, -0.25) is 4.79 Å². The Hall–Kier alpha value is -1.65. The molecule has 0 aliphatic rings. The van der Waals surface area contributed by atoms with Crippen LogP contribution in [0.1, 0.15) is 33.8 Å². The molecule has 19 heavy (non-hydrogen) atoms. The summed E-state index contributed by atoms with van der Waals surface area (Å²) in [6.45, 7) is 2.96. The van der Waals surface area contributed by atoms with Crippen LogP contribution in [0.2, 0.25) is 0 Å². The topological polar surface area (TPSA) is 41.1 Å². The van der Waals surface area contributed by atoms with Crippen LogP contribution in [0.5, 0.6) is 0 Å². The predicted octanol–water partition coefficient (Wildman–Crippen LogP) is 2.96. The fourth-order valence-corrected chi connectivity index (χ4v) is 2.59. The van der Waals surface area contributed by atoms with Crippen molar-refractivity contribution in [2.45, 2.75) is 19.5 Å². The maximum atomic E-state index is 11.4. The number of carbonyl (C=O) groups is 1. The normalized spacial score (nSPS) is 12.1. The van der Waals surface area contributed by atoms with Gasteiger partial charge in [0.2, 0.25) is 0 Å². The lowest BCUT2D eigenvalue weighted by Crippen LogP contribution is -2.19. The van der Waals surface area contributed by atoms with Crippen LogP contribution in [0.15, 0.2) is 41.8 Å². The standard InChI is InChI=1S/C15H18N2OS/c1-11(14-4-3-9-19-14)17-10-12-5-7-13(8-6-12)15(18)16-2/h3-9,11,17H,10H2,1-2H3,(H,16,18). The van der Waals surface area contributed by atoms with Gasteiger partial charge in [-0.25, -0.2) is 0 Å². The molecule has 0 spiro atoms. The molecule has 0 aliphatic heterocycles. The summed E-state index contributed by atoms with van der Waals surface area (Å²) in [6.07, 6.45) is 0. The largest absolute Gasteiger partial charge is 0.355 e. The van der Waals surface area contributed by atoms with Crippen LogP contribution in [0.4, 0.5) is 0 Å². The number of nitrogens with one attached hydrogen (secondary N) is 2. The fraction of sp³-hybridized carbons (Fsp3) is 0.267. The fourth-order valence-electron chi connectivity index (χ4n) is 1.83. The lowest BCUT2D eigenvalue weighted by atomic mass is 10.1. The van der Waals surface area contributed by atoms with Gasteiger partial charge < -0.3 is 10.6 Å². The van der Waals surface area contributed by atoms with Crippen LogP contribution in [-0.4, -0.2) is 13.0 Å². The van der Waals surface area contributed by atoms with E-state index < -0.39 is 0 Å². The van der Waals surface area contributed by atoms with Crippen molar-refractivity contribution in [2.24, 2.45) is 0 Å². The third kappa shape index (κ3) is 3.66. The number of benzene rings is 1. The molecule has 0 aliphatic carbocycles. The number of thiophene rings is 1. The van der Waals surface area contributed by atoms with Gasteiger partial charge in [0.25, 0.3) is 5.91 Å². The Morgan fingerprint density at radius 1 is 1.26 bits per heavy atom. The van der Waals surface area contributed by atoms with E-state index in [1.54, 1.807) is 18.4 Å². The second-order valence-electron chi connectivity index (χ2n) is 4.39. The van der Waals surface area contributed by atoms with Gasteiger partial charge in [0.05, 0.1) is 0 Å². The minimum absolute atomic E-state index is 0.0496. The van der Waals surface area contributed by atoms with Crippen molar-refractivity contribution in [2.75, 3.05) is 7.05 Å². The predicted molar refractivity (Wildman–Crippen MR) is 79.4 cm³/mol. The first kappa shape index (κ1) is 13.8. The van der Waals surface area contributed by atoms with E-state index in [-0.39, 0.29) is 5.91 Å². The number of carbonyl (C=O) groups excluding carboxylic acids is 1. The Labute approximate surface area is 117 Å². The molecule has 1 unspecified atom stereocenters. The van der Waals surface area contributed by atoms with Crippen molar-refractivity contribution in [3.63, 3.8) is 0 Å². The second kappa shape index (κ2) is 6.50. The van der Waals surface area contributed by atoms with Crippen LogP contribution in [-0.2, 0) is 6.54 Å². The van der Waals surface area contributed by atoms with Gasteiger partial charge in [0.15, 0.2) is 0 Å². The first-order valence-corrected chi connectivity index (χ1v) is 7.16. The quantitative estimate of drug-likeness (QED) is 0.880. The molecule has 0 bridgehead atoms. The molecule has 2 N–H and O–H groups in total. The molecule has 4 heteroatoms. The van der Waals surface area contributed by atoms with Gasteiger partial charge in [-0.1, -0.05) is 18.2 Å². The molecule has 1 aromatic heterocycles. The van der Waals surface area contributed by atoms with Crippen LogP contribution in [0.25, 0.3) is 0 Å². The molecule has 100 valence electrons. The molecular weight excluding hydrogens is 256 g/mol. The van der Waals surface area contributed by atoms with E-state index in [2.05, 4.69) is 35.1 Å². The van der Waals surface area contributed by atoms with Gasteiger partial charge in [0, 0.05) is 30.1 Å². The zero-order chi connectivity index (χ0) is 13.7. The van der Waals surface area contributed by atoms with Crippen LogP contribution in [0.3, 0.4) is 0 Å². The average Bonchev–Trinajstić information content (AvgIpc) is 2.98. The first-order chi connectivity index (χ1) is 9.20. The van der Waals surface area contributed by atoms with Gasteiger partial charge in [-0.2, -0.15) is 0 Å². The van der Waals surface area contributed by atoms with Crippen LogP contribution < -0.4 is 10.6 Å². The summed E-state index contributed by atoms with van der Waals surface area (Å²) in [5.41, 5.74) is 1.87. The number of hydrogen-bond acceptors (Lipinski definition) is 3. The number of amides is 1. The minimum atomic E-state index is -0.0496. The lowest BCUT2D eigenvalue weighted by molar-refractivity contribution is 0.0963. The zero-order valence-corrected chi connectivity index (χ0v) is 12.0. The maximum absolute atomic E-state index is 11.4. The summed E-state index contributed by atoms with van der Waals surface area (Å²) in [5.74, 6) is -0.0496. The molecule has 0 saturated carbocycles. The highest BCUT2D eigenvalue weighted by Crippen LogP contribution is 2.18. The van der Waals surface area contributed by atoms with Crippen LogP contribution >= 0.6 is 11.3 Å². The molecule has 0 radical (unpaired) electrons.